The Labute approximate surface area is 134 Å². The molecule has 0 bridgehead atoms. The van der Waals surface area contributed by atoms with Gasteiger partial charge in [0, 0.05) is 10.4 Å². The minimum Gasteiger partial charge on any atom is -0.306 e. The fourth-order valence-corrected chi connectivity index (χ4v) is 3.99. The summed E-state index contributed by atoms with van der Waals surface area (Å²) in [4.78, 5) is 1.05. The molecule has 0 saturated carbocycles. The van der Waals surface area contributed by atoms with E-state index in [1.807, 2.05) is 19.9 Å². The van der Waals surface area contributed by atoms with Crippen molar-refractivity contribution in [1.29, 1.82) is 0 Å². The molecule has 0 aliphatic heterocycles. The Kier molecular flexibility index (Phi) is 5.18. The van der Waals surface area contributed by atoms with Crippen molar-refractivity contribution in [3.05, 3.63) is 54.6 Å². The van der Waals surface area contributed by atoms with Gasteiger partial charge in [-0.25, -0.2) is 8.78 Å². The van der Waals surface area contributed by atoms with E-state index < -0.39 is 17.7 Å². The van der Waals surface area contributed by atoms with Crippen LogP contribution >= 0.6 is 38.9 Å². The number of hydrogen-bond acceptors (Lipinski definition) is 2. The van der Waals surface area contributed by atoms with Gasteiger partial charge in [-0.2, -0.15) is 0 Å². The van der Waals surface area contributed by atoms with Crippen molar-refractivity contribution in [3.63, 3.8) is 0 Å². The van der Waals surface area contributed by atoms with Crippen LogP contribution in [0.5, 0.6) is 0 Å². The number of benzene rings is 1. The summed E-state index contributed by atoms with van der Waals surface area (Å²) in [5.41, 5.74) is 1.20. The maximum atomic E-state index is 14.1. The van der Waals surface area contributed by atoms with Crippen molar-refractivity contribution < 1.29 is 8.78 Å². The lowest BCUT2D eigenvalue weighted by Gasteiger charge is -2.19. The van der Waals surface area contributed by atoms with E-state index in [9.17, 15) is 8.78 Å². The van der Waals surface area contributed by atoms with Crippen LogP contribution in [0.25, 0.3) is 0 Å². The molecule has 1 aromatic carbocycles. The molecule has 1 N–H and O–H groups in total. The highest BCUT2D eigenvalue weighted by Gasteiger charge is 2.22. The highest BCUT2D eigenvalue weighted by atomic mass is 79.9. The van der Waals surface area contributed by atoms with Crippen molar-refractivity contribution in [2.24, 2.45) is 0 Å². The van der Waals surface area contributed by atoms with E-state index in [0.717, 1.165) is 26.4 Å². The summed E-state index contributed by atoms with van der Waals surface area (Å²) in [7, 11) is 0. The largest absolute Gasteiger partial charge is 0.306 e. The third-order valence-electron chi connectivity index (χ3n) is 3.00. The average molecular weight is 381 g/mol. The standard InChI is InChI=1S/C14H13BrClF2NS/c1-3-19-14(8-5-13(15)20-7(8)2)9-4-12(18)10(16)6-11(9)17/h4-6,14,19H,3H2,1-2H3. The van der Waals surface area contributed by atoms with Gasteiger partial charge >= 0.3 is 0 Å². The number of rotatable bonds is 4. The highest BCUT2D eigenvalue weighted by Crippen LogP contribution is 2.35. The zero-order valence-corrected chi connectivity index (χ0v) is 14.1. The van der Waals surface area contributed by atoms with Gasteiger partial charge < -0.3 is 5.32 Å². The lowest BCUT2D eigenvalue weighted by molar-refractivity contribution is 0.545. The van der Waals surface area contributed by atoms with Gasteiger partial charge in [0.25, 0.3) is 0 Å². The van der Waals surface area contributed by atoms with Gasteiger partial charge in [0.1, 0.15) is 11.6 Å². The predicted molar refractivity (Wildman–Crippen MR) is 83.6 cm³/mol. The van der Waals surface area contributed by atoms with Crippen molar-refractivity contribution in [2.75, 3.05) is 6.54 Å². The second kappa shape index (κ2) is 6.52. The molecule has 1 nitrogen and oxygen atoms in total. The Morgan fingerprint density at radius 2 is 1.95 bits per heavy atom. The van der Waals surface area contributed by atoms with E-state index in [-0.39, 0.29) is 10.6 Å². The first-order chi connectivity index (χ1) is 9.43. The monoisotopic (exact) mass is 379 g/mol. The molecule has 1 unspecified atom stereocenters. The average Bonchev–Trinajstić information content (AvgIpc) is 2.70. The molecule has 1 atom stereocenters. The van der Waals surface area contributed by atoms with E-state index in [1.54, 1.807) is 11.3 Å². The van der Waals surface area contributed by atoms with Crippen LogP contribution < -0.4 is 5.32 Å². The third kappa shape index (κ3) is 3.22. The Morgan fingerprint density at radius 1 is 1.25 bits per heavy atom. The van der Waals surface area contributed by atoms with Gasteiger partial charge in [-0.15, -0.1) is 11.3 Å². The van der Waals surface area contributed by atoms with E-state index in [4.69, 9.17) is 11.6 Å². The molecule has 0 fully saturated rings. The van der Waals surface area contributed by atoms with Crippen LogP contribution in [-0.2, 0) is 0 Å². The fraction of sp³-hybridized carbons (Fsp3) is 0.286. The number of thiophene rings is 1. The minimum atomic E-state index is -0.613. The molecule has 0 aliphatic rings. The van der Waals surface area contributed by atoms with Gasteiger partial charge in [0.05, 0.1) is 14.9 Å². The molecule has 2 aromatic rings. The lowest BCUT2D eigenvalue weighted by Crippen LogP contribution is -2.23. The topological polar surface area (TPSA) is 12.0 Å². The quantitative estimate of drug-likeness (QED) is 0.696. The molecule has 0 radical (unpaired) electrons. The molecule has 0 amide bonds. The van der Waals surface area contributed by atoms with Crippen LogP contribution in [0.3, 0.4) is 0 Å². The first-order valence-electron chi connectivity index (χ1n) is 6.07. The van der Waals surface area contributed by atoms with Crippen LogP contribution in [0.15, 0.2) is 22.0 Å². The maximum Gasteiger partial charge on any atom is 0.142 e. The summed E-state index contributed by atoms with van der Waals surface area (Å²) in [5.74, 6) is -1.12. The molecule has 2 rings (SSSR count). The van der Waals surface area contributed by atoms with E-state index in [1.165, 1.54) is 0 Å². The number of aryl methyl sites for hydroxylation is 1. The summed E-state index contributed by atoms with van der Waals surface area (Å²) < 4.78 is 28.7. The fourth-order valence-electron chi connectivity index (χ4n) is 2.10. The Hall–Kier alpha value is -0.490. The van der Waals surface area contributed by atoms with E-state index in [2.05, 4.69) is 21.2 Å². The van der Waals surface area contributed by atoms with Gasteiger partial charge in [-0.3, -0.25) is 0 Å². The minimum absolute atomic E-state index is 0.204. The Balaban J connectivity index is 2.54. The molecular weight excluding hydrogens is 368 g/mol. The molecular formula is C14H13BrClF2NS. The highest BCUT2D eigenvalue weighted by molar-refractivity contribution is 9.11. The Morgan fingerprint density at radius 3 is 2.50 bits per heavy atom. The van der Waals surface area contributed by atoms with Crippen LogP contribution in [0.1, 0.15) is 29.0 Å². The SMILES string of the molecule is CCNC(c1cc(F)c(Cl)cc1F)c1cc(Br)sc1C. The van der Waals surface area contributed by atoms with Crippen LogP contribution in [0.4, 0.5) is 8.78 Å². The molecule has 108 valence electrons. The molecule has 0 saturated heterocycles. The smallest absolute Gasteiger partial charge is 0.142 e. The predicted octanol–water partition coefficient (Wildman–Crippen LogP) is 5.45. The van der Waals surface area contributed by atoms with Gasteiger partial charge in [0.15, 0.2) is 0 Å². The molecule has 20 heavy (non-hydrogen) atoms. The van der Waals surface area contributed by atoms with Gasteiger partial charge in [0.2, 0.25) is 0 Å². The summed E-state index contributed by atoms with van der Waals surface area (Å²) in [6, 6.07) is 3.72. The second-order valence-corrected chi connectivity index (χ2v) is 7.38. The van der Waals surface area contributed by atoms with Crippen molar-refractivity contribution >= 4 is 38.9 Å². The number of hydrogen-bond donors (Lipinski definition) is 1. The summed E-state index contributed by atoms with van der Waals surface area (Å²) in [5, 5.41) is 2.99. The van der Waals surface area contributed by atoms with Crippen molar-refractivity contribution in [3.8, 4) is 0 Å². The van der Waals surface area contributed by atoms with Gasteiger partial charge in [-0.1, -0.05) is 18.5 Å². The van der Waals surface area contributed by atoms with Crippen molar-refractivity contribution in [2.45, 2.75) is 19.9 Å². The van der Waals surface area contributed by atoms with Gasteiger partial charge in [-0.05, 0) is 53.2 Å². The molecule has 1 aromatic heterocycles. The first kappa shape index (κ1) is 15.9. The molecule has 0 spiro atoms. The number of nitrogens with one attached hydrogen (secondary N) is 1. The summed E-state index contributed by atoms with van der Waals surface area (Å²) in [6.45, 7) is 4.52. The Bertz CT molecular complexity index is 630. The van der Waals surface area contributed by atoms with Crippen LogP contribution in [-0.4, -0.2) is 6.54 Å². The molecule has 6 heteroatoms. The van der Waals surface area contributed by atoms with Crippen molar-refractivity contribution in [1.82, 2.24) is 5.32 Å². The zero-order valence-electron chi connectivity index (χ0n) is 10.9. The van der Waals surface area contributed by atoms with Crippen LogP contribution in [0, 0.1) is 18.6 Å². The molecule has 0 aliphatic carbocycles. The van der Waals surface area contributed by atoms with E-state index in [0.29, 0.717) is 6.54 Å². The van der Waals surface area contributed by atoms with E-state index >= 15 is 0 Å². The summed E-state index contributed by atoms with van der Waals surface area (Å²) in [6.07, 6.45) is 0. The summed E-state index contributed by atoms with van der Waals surface area (Å²) >= 11 is 10.6. The third-order valence-corrected chi connectivity index (χ3v) is 4.85. The molecule has 1 heterocycles. The van der Waals surface area contributed by atoms with Crippen LogP contribution in [0.2, 0.25) is 5.02 Å². The maximum absolute atomic E-state index is 14.1. The second-order valence-electron chi connectivity index (χ2n) is 4.34. The normalized spacial score (nSPS) is 12.7. The first-order valence-corrected chi connectivity index (χ1v) is 8.06. The lowest BCUT2D eigenvalue weighted by atomic mass is 9.98. The number of halogens is 4. The zero-order chi connectivity index (χ0) is 14.9.